The standard InChI is InChI=1S/C10H12N4O/c11-6-9-10(13-4-3-12-9)14-8-2-1-5-15-7-8/h3-4,8H,1-2,5,7H2,(H,13,14). The quantitative estimate of drug-likeness (QED) is 0.776. The molecular weight excluding hydrogens is 192 g/mol. The van der Waals surface area contributed by atoms with Crippen LogP contribution in [-0.2, 0) is 4.74 Å². The number of hydrogen-bond acceptors (Lipinski definition) is 5. The second-order valence-electron chi connectivity index (χ2n) is 3.42. The second-order valence-corrected chi connectivity index (χ2v) is 3.42. The van der Waals surface area contributed by atoms with Crippen LogP contribution in [0.5, 0.6) is 0 Å². The van der Waals surface area contributed by atoms with Crippen molar-refractivity contribution in [2.24, 2.45) is 0 Å². The summed E-state index contributed by atoms with van der Waals surface area (Å²) in [5, 5.41) is 12.0. The smallest absolute Gasteiger partial charge is 0.182 e. The summed E-state index contributed by atoms with van der Waals surface area (Å²) in [4.78, 5) is 8.03. The van der Waals surface area contributed by atoms with Crippen LogP contribution in [0.3, 0.4) is 0 Å². The van der Waals surface area contributed by atoms with Crippen LogP contribution in [0.4, 0.5) is 5.82 Å². The maximum atomic E-state index is 8.82. The van der Waals surface area contributed by atoms with E-state index in [0.29, 0.717) is 18.1 Å². The van der Waals surface area contributed by atoms with Gasteiger partial charge < -0.3 is 10.1 Å². The van der Waals surface area contributed by atoms with Gasteiger partial charge in [-0.2, -0.15) is 5.26 Å². The van der Waals surface area contributed by atoms with Gasteiger partial charge >= 0.3 is 0 Å². The number of hydrogen-bond donors (Lipinski definition) is 1. The number of nitriles is 1. The van der Waals surface area contributed by atoms with Crippen LogP contribution in [-0.4, -0.2) is 29.2 Å². The lowest BCUT2D eigenvalue weighted by Crippen LogP contribution is -2.30. The van der Waals surface area contributed by atoms with Gasteiger partial charge in [0.1, 0.15) is 6.07 Å². The Bertz CT molecular complexity index is 368. The van der Waals surface area contributed by atoms with E-state index in [4.69, 9.17) is 10.00 Å². The van der Waals surface area contributed by atoms with Gasteiger partial charge in [-0.3, -0.25) is 0 Å². The molecular formula is C10H12N4O. The Morgan fingerprint density at radius 1 is 1.47 bits per heavy atom. The Hall–Kier alpha value is -1.67. The monoisotopic (exact) mass is 204 g/mol. The molecule has 1 aromatic heterocycles. The highest BCUT2D eigenvalue weighted by Gasteiger charge is 2.15. The van der Waals surface area contributed by atoms with E-state index in [9.17, 15) is 0 Å². The number of ether oxygens (including phenoxy) is 1. The number of aromatic nitrogens is 2. The van der Waals surface area contributed by atoms with Crippen molar-refractivity contribution in [3.8, 4) is 6.07 Å². The van der Waals surface area contributed by atoms with Gasteiger partial charge in [0.15, 0.2) is 11.5 Å². The summed E-state index contributed by atoms with van der Waals surface area (Å²) >= 11 is 0. The Morgan fingerprint density at radius 3 is 3.07 bits per heavy atom. The third kappa shape index (κ3) is 2.42. The van der Waals surface area contributed by atoms with Crippen LogP contribution in [0.25, 0.3) is 0 Å². The number of rotatable bonds is 2. The first-order valence-electron chi connectivity index (χ1n) is 4.95. The van der Waals surface area contributed by atoms with Crippen LogP contribution in [0, 0.1) is 11.3 Å². The maximum absolute atomic E-state index is 8.82. The molecule has 0 aliphatic carbocycles. The molecule has 1 N–H and O–H groups in total. The zero-order valence-corrected chi connectivity index (χ0v) is 8.31. The van der Waals surface area contributed by atoms with Crippen molar-refractivity contribution in [2.75, 3.05) is 18.5 Å². The molecule has 1 aliphatic rings. The molecule has 2 rings (SSSR count). The molecule has 78 valence electrons. The molecule has 0 saturated carbocycles. The summed E-state index contributed by atoms with van der Waals surface area (Å²) in [5.41, 5.74) is 0.336. The average Bonchev–Trinajstić information content (AvgIpc) is 2.31. The van der Waals surface area contributed by atoms with E-state index in [2.05, 4.69) is 15.3 Å². The van der Waals surface area contributed by atoms with Gasteiger partial charge in [0.05, 0.1) is 12.6 Å². The summed E-state index contributed by atoms with van der Waals surface area (Å²) in [6, 6.07) is 2.25. The van der Waals surface area contributed by atoms with E-state index in [1.54, 1.807) is 6.20 Å². The lowest BCUT2D eigenvalue weighted by molar-refractivity contribution is 0.0875. The summed E-state index contributed by atoms with van der Waals surface area (Å²) in [6.07, 6.45) is 5.18. The molecule has 1 fully saturated rings. The average molecular weight is 204 g/mol. The minimum Gasteiger partial charge on any atom is -0.379 e. The number of nitrogens with zero attached hydrogens (tertiary/aromatic N) is 3. The van der Waals surface area contributed by atoms with Gasteiger partial charge in [0, 0.05) is 19.0 Å². The summed E-state index contributed by atoms with van der Waals surface area (Å²) in [7, 11) is 0. The Labute approximate surface area is 88.1 Å². The fourth-order valence-corrected chi connectivity index (χ4v) is 1.57. The van der Waals surface area contributed by atoms with Crippen LogP contribution >= 0.6 is 0 Å². The molecule has 15 heavy (non-hydrogen) atoms. The molecule has 0 aromatic carbocycles. The van der Waals surface area contributed by atoms with Crippen molar-refractivity contribution in [2.45, 2.75) is 18.9 Å². The number of nitrogens with one attached hydrogen (secondary N) is 1. The van der Waals surface area contributed by atoms with E-state index in [1.807, 2.05) is 6.07 Å². The fraction of sp³-hybridized carbons (Fsp3) is 0.500. The van der Waals surface area contributed by atoms with Gasteiger partial charge in [-0.05, 0) is 12.8 Å². The molecule has 0 spiro atoms. The molecule has 5 heteroatoms. The van der Waals surface area contributed by atoms with E-state index < -0.39 is 0 Å². The molecule has 1 saturated heterocycles. The van der Waals surface area contributed by atoms with Crippen LogP contribution in [0.1, 0.15) is 18.5 Å². The maximum Gasteiger partial charge on any atom is 0.182 e. The predicted octanol–water partition coefficient (Wildman–Crippen LogP) is 0.939. The normalized spacial score (nSPS) is 20.6. The zero-order valence-electron chi connectivity index (χ0n) is 8.31. The zero-order chi connectivity index (χ0) is 10.5. The van der Waals surface area contributed by atoms with Crippen molar-refractivity contribution in [1.82, 2.24) is 9.97 Å². The van der Waals surface area contributed by atoms with E-state index >= 15 is 0 Å². The van der Waals surface area contributed by atoms with E-state index in [0.717, 1.165) is 19.4 Å². The van der Waals surface area contributed by atoms with Crippen LogP contribution in [0.2, 0.25) is 0 Å². The predicted molar refractivity (Wildman–Crippen MR) is 54.2 cm³/mol. The highest BCUT2D eigenvalue weighted by Crippen LogP contribution is 2.13. The van der Waals surface area contributed by atoms with Gasteiger partial charge in [0.2, 0.25) is 0 Å². The van der Waals surface area contributed by atoms with Crippen molar-refractivity contribution in [3.05, 3.63) is 18.1 Å². The highest BCUT2D eigenvalue weighted by atomic mass is 16.5. The lowest BCUT2D eigenvalue weighted by atomic mass is 10.1. The molecule has 5 nitrogen and oxygen atoms in total. The Morgan fingerprint density at radius 2 is 2.33 bits per heavy atom. The molecule has 1 aromatic rings. The molecule has 0 amide bonds. The molecule has 2 heterocycles. The van der Waals surface area contributed by atoms with Gasteiger partial charge in [-0.25, -0.2) is 9.97 Å². The topological polar surface area (TPSA) is 70.8 Å². The first kappa shape index (κ1) is 9.87. The third-order valence-electron chi connectivity index (χ3n) is 2.31. The minimum absolute atomic E-state index is 0.238. The molecule has 0 bridgehead atoms. The fourth-order valence-electron chi connectivity index (χ4n) is 1.57. The van der Waals surface area contributed by atoms with Crippen molar-refractivity contribution < 1.29 is 4.74 Å². The second kappa shape index (κ2) is 4.71. The first-order valence-corrected chi connectivity index (χ1v) is 4.95. The SMILES string of the molecule is N#Cc1nccnc1NC1CCCOC1. The largest absolute Gasteiger partial charge is 0.379 e. The van der Waals surface area contributed by atoms with Crippen molar-refractivity contribution in [3.63, 3.8) is 0 Å². The number of anilines is 1. The van der Waals surface area contributed by atoms with Crippen molar-refractivity contribution >= 4 is 5.82 Å². The van der Waals surface area contributed by atoms with E-state index in [1.165, 1.54) is 6.20 Å². The molecule has 1 atom stereocenters. The summed E-state index contributed by atoms with van der Waals surface area (Å²) in [6.45, 7) is 1.49. The van der Waals surface area contributed by atoms with E-state index in [-0.39, 0.29) is 6.04 Å². The minimum atomic E-state index is 0.238. The van der Waals surface area contributed by atoms with Gasteiger partial charge in [-0.1, -0.05) is 0 Å². The summed E-state index contributed by atoms with van der Waals surface area (Å²) in [5.74, 6) is 0.551. The van der Waals surface area contributed by atoms with Crippen LogP contribution in [0.15, 0.2) is 12.4 Å². The molecule has 1 unspecified atom stereocenters. The first-order chi connectivity index (χ1) is 7.40. The van der Waals surface area contributed by atoms with Gasteiger partial charge in [0.25, 0.3) is 0 Å². The Balaban J connectivity index is 2.06. The summed E-state index contributed by atoms with van der Waals surface area (Å²) < 4.78 is 5.33. The Kier molecular flexibility index (Phi) is 3.10. The molecule has 0 radical (unpaired) electrons. The van der Waals surface area contributed by atoms with Crippen LogP contribution < -0.4 is 5.32 Å². The lowest BCUT2D eigenvalue weighted by Gasteiger charge is -2.23. The third-order valence-corrected chi connectivity index (χ3v) is 2.31. The van der Waals surface area contributed by atoms with Crippen molar-refractivity contribution in [1.29, 1.82) is 5.26 Å². The van der Waals surface area contributed by atoms with Gasteiger partial charge in [-0.15, -0.1) is 0 Å². The highest BCUT2D eigenvalue weighted by molar-refractivity contribution is 5.47. The molecule has 1 aliphatic heterocycles.